The Morgan fingerprint density at radius 3 is 2.73 bits per heavy atom. The number of H-pyrrole nitrogens is 1. The average molecular weight is 291 g/mol. The van der Waals surface area contributed by atoms with Crippen LogP contribution in [-0.2, 0) is 6.42 Å². The second-order valence-electron chi connectivity index (χ2n) is 5.02. The third-order valence-electron chi connectivity index (χ3n) is 3.50. The van der Waals surface area contributed by atoms with E-state index in [1.165, 1.54) is 5.56 Å². The monoisotopic (exact) mass is 291 g/mol. The number of aryl methyl sites for hydroxylation is 1. The molecule has 3 aromatic rings. The van der Waals surface area contributed by atoms with Crippen LogP contribution in [0, 0.1) is 0 Å². The van der Waals surface area contributed by atoms with Gasteiger partial charge in [-0.1, -0.05) is 48.5 Å². The Morgan fingerprint density at radius 1 is 1.09 bits per heavy atom. The largest absolute Gasteiger partial charge is 0.360 e. The Hall–Kier alpha value is -2.88. The molecule has 0 aliphatic heterocycles. The van der Waals surface area contributed by atoms with E-state index in [9.17, 15) is 4.79 Å². The molecule has 3 rings (SSSR count). The summed E-state index contributed by atoms with van der Waals surface area (Å²) in [4.78, 5) is 15.2. The fraction of sp³-hybridized carbons (Fsp3) is 0.111. The zero-order valence-corrected chi connectivity index (χ0v) is 12.1. The average Bonchev–Trinajstić information content (AvgIpc) is 2.99. The highest BCUT2D eigenvalue weighted by atomic mass is 16.2. The zero-order chi connectivity index (χ0) is 15.2. The first-order valence-corrected chi connectivity index (χ1v) is 7.26. The van der Waals surface area contributed by atoms with Crippen LogP contribution >= 0.6 is 0 Å². The maximum Gasteiger partial charge on any atom is 0.273 e. The fourth-order valence-electron chi connectivity index (χ4n) is 2.36. The first-order chi connectivity index (χ1) is 10.8. The number of hydrogen-bond acceptors (Lipinski definition) is 2. The van der Waals surface area contributed by atoms with Crippen LogP contribution in [0.4, 0.5) is 0 Å². The summed E-state index contributed by atoms with van der Waals surface area (Å²) in [6.45, 7) is 0. The number of amides is 1. The molecule has 0 bridgehead atoms. The predicted molar refractivity (Wildman–Crippen MR) is 89.0 cm³/mol. The minimum Gasteiger partial charge on any atom is -0.360 e. The van der Waals surface area contributed by atoms with E-state index in [1.807, 2.05) is 42.5 Å². The van der Waals surface area contributed by atoms with E-state index in [2.05, 4.69) is 27.6 Å². The maximum absolute atomic E-state index is 12.1. The normalized spacial score (nSPS) is 11.1. The highest BCUT2D eigenvalue weighted by molar-refractivity contribution is 6.06. The number of hydrazone groups is 1. The van der Waals surface area contributed by atoms with E-state index in [-0.39, 0.29) is 5.91 Å². The van der Waals surface area contributed by atoms with Crippen molar-refractivity contribution in [3.63, 3.8) is 0 Å². The molecule has 0 fully saturated rings. The van der Waals surface area contributed by atoms with Gasteiger partial charge in [-0.2, -0.15) is 5.10 Å². The second kappa shape index (κ2) is 6.72. The van der Waals surface area contributed by atoms with Crippen LogP contribution in [0.15, 0.2) is 65.9 Å². The number of aromatic nitrogens is 1. The van der Waals surface area contributed by atoms with E-state index >= 15 is 0 Å². The van der Waals surface area contributed by atoms with Crippen LogP contribution in [0.1, 0.15) is 22.3 Å². The number of carbonyl (C=O) groups is 1. The standard InChI is InChI=1S/C18H17N3O/c22-18(16-13-19-17-11-5-4-10-15(16)17)21-20-12-6-9-14-7-2-1-3-8-14/h1-5,7-8,10-13,19H,6,9H2,(H,21,22). The summed E-state index contributed by atoms with van der Waals surface area (Å²) in [6, 6.07) is 17.9. The highest BCUT2D eigenvalue weighted by Crippen LogP contribution is 2.17. The van der Waals surface area contributed by atoms with Crippen LogP contribution in [0.2, 0.25) is 0 Å². The molecule has 110 valence electrons. The van der Waals surface area contributed by atoms with Crippen LogP contribution < -0.4 is 5.43 Å². The molecule has 0 aliphatic carbocycles. The van der Waals surface area contributed by atoms with Crippen molar-refractivity contribution in [2.24, 2.45) is 5.10 Å². The van der Waals surface area contributed by atoms with E-state index in [4.69, 9.17) is 0 Å². The summed E-state index contributed by atoms with van der Waals surface area (Å²) in [5.41, 5.74) is 5.39. The molecule has 22 heavy (non-hydrogen) atoms. The fourth-order valence-corrected chi connectivity index (χ4v) is 2.36. The van der Waals surface area contributed by atoms with Gasteiger partial charge in [0.2, 0.25) is 0 Å². The predicted octanol–water partition coefficient (Wildman–Crippen LogP) is 3.52. The van der Waals surface area contributed by atoms with Gasteiger partial charge in [-0.05, 0) is 24.5 Å². The molecule has 1 amide bonds. The lowest BCUT2D eigenvalue weighted by atomic mass is 10.1. The first kappa shape index (κ1) is 14.1. The molecule has 1 heterocycles. The Kier molecular flexibility index (Phi) is 4.30. The van der Waals surface area contributed by atoms with Crippen molar-refractivity contribution < 1.29 is 4.79 Å². The Balaban J connectivity index is 1.55. The smallest absolute Gasteiger partial charge is 0.273 e. The summed E-state index contributed by atoms with van der Waals surface area (Å²) in [5, 5.41) is 4.91. The number of nitrogens with one attached hydrogen (secondary N) is 2. The van der Waals surface area contributed by atoms with Gasteiger partial charge < -0.3 is 4.98 Å². The van der Waals surface area contributed by atoms with Crippen molar-refractivity contribution in [3.8, 4) is 0 Å². The SMILES string of the molecule is O=C(NN=CCCc1ccccc1)c1c[nH]c2ccccc12. The van der Waals surface area contributed by atoms with Crippen LogP contribution in [-0.4, -0.2) is 17.1 Å². The number of rotatable bonds is 5. The van der Waals surface area contributed by atoms with Gasteiger partial charge in [-0.25, -0.2) is 5.43 Å². The number of carbonyl (C=O) groups excluding carboxylic acids is 1. The number of hydrogen-bond donors (Lipinski definition) is 2. The Labute approximate surface area is 128 Å². The Bertz CT molecular complexity index is 790. The molecular formula is C18H17N3O. The molecule has 0 spiro atoms. The summed E-state index contributed by atoms with van der Waals surface area (Å²) in [5.74, 6) is -0.201. The zero-order valence-electron chi connectivity index (χ0n) is 12.1. The van der Waals surface area contributed by atoms with E-state index in [1.54, 1.807) is 12.4 Å². The molecule has 0 radical (unpaired) electrons. The molecule has 0 aliphatic rings. The van der Waals surface area contributed by atoms with Crippen molar-refractivity contribution in [1.29, 1.82) is 0 Å². The minimum atomic E-state index is -0.201. The molecule has 0 saturated carbocycles. The van der Waals surface area contributed by atoms with Gasteiger partial charge >= 0.3 is 0 Å². The van der Waals surface area contributed by atoms with Crippen molar-refractivity contribution >= 4 is 23.0 Å². The third-order valence-corrected chi connectivity index (χ3v) is 3.50. The van der Waals surface area contributed by atoms with Crippen molar-refractivity contribution in [2.75, 3.05) is 0 Å². The van der Waals surface area contributed by atoms with Gasteiger partial charge in [0.25, 0.3) is 5.91 Å². The number of benzene rings is 2. The topological polar surface area (TPSA) is 57.2 Å². The van der Waals surface area contributed by atoms with E-state index in [0.29, 0.717) is 5.56 Å². The molecule has 0 unspecified atom stereocenters. The third kappa shape index (κ3) is 3.23. The summed E-state index contributed by atoms with van der Waals surface area (Å²) in [6.07, 6.45) is 5.14. The van der Waals surface area contributed by atoms with Gasteiger partial charge in [0.1, 0.15) is 0 Å². The molecule has 2 aromatic carbocycles. The molecule has 1 aromatic heterocycles. The lowest BCUT2D eigenvalue weighted by Crippen LogP contribution is -2.17. The minimum absolute atomic E-state index is 0.201. The number of aromatic amines is 1. The van der Waals surface area contributed by atoms with Gasteiger partial charge in [0.05, 0.1) is 5.56 Å². The van der Waals surface area contributed by atoms with E-state index in [0.717, 1.165) is 23.7 Å². The Morgan fingerprint density at radius 2 is 1.86 bits per heavy atom. The molecule has 4 heteroatoms. The molecule has 4 nitrogen and oxygen atoms in total. The quantitative estimate of drug-likeness (QED) is 0.548. The number of para-hydroxylation sites is 1. The second-order valence-corrected chi connectivity index (χ2v) is 5.02. The molecule has 0 saturated heterocycles. The van der Waals surface area contributed by atoms with Gasteiger partial charge in [0, 0.05) is 23.3 Å². The van der Waals surface area contributed by atoms with Gasteiger partial charge in [-0.3, -0.25) is 4.79 Å². The van der Waals surface area contributed by atoms with Crippen LogP contribution in [0.25, 0.3) is 10.9 Å². The molecule has 0 atom stereocenters. The van der Waals surface area contributed by atoms with Crippen LogP contribution in [0.5, 0.6) is 0 Å². The highest BCUT2D eigenvalue weighted by Gasteiger charge is 2.10. The summed E-state index contributed by atoms with van der Waals surface area (Å²) in [7, 11) is 0. The summed E-state index contributed by atoms with van der Waals surface area (Å²) < 4.78 is 0. The maximum atomic E-state index is 12.1. The van der Waals surface area contributed by atoms with Crippen molar-refractivity contribution in [2.45, 2.75) is 12.8 Å². The molecule has 2 N–H and O–H groups in total. The van der Waals surface area contributed by atoms with Gasteiger partial charge in [-0.15, -0.1) is 0 Å². The molecular weight excluding hydrogens is 274 g/mol. The van der Waals surface area contributed by atoms with Crippen LogP contribution in [0.3, 0.4) is 0 Å². The van der Waals surface area contributed by atoms with Crippen molar-refractivity contribution in [3.05, 3.63) is 71.9 Å². The lowest BCUT2D eigenvalue weighted by molar-refractivity contribution is 0.0956. The van der Waals surface area contributed by atoms with E-state index < -0.39 is 0 Å². The summed E-state index contributed by atoms with van der Waals surface area (Å²) >= 11 is 0. The number of nitrogens with zero attached hydrogens (tertiary/aromatic N) is 1. The van der Waals surface area contributed by atoms with Crippen molar-refractivity contribution in [1.82, 2.24) is 10.4 Å². The first-order valence-electron chi connectivity index (χ1n) is 7.26. The number of fused-ring (bicyclic) bond motifs is 1. The van der Waals surface area contributed by atoms with Gasteiger partial charge in [0.15, 0.2) is 0 Å². The lowest BCUT2D eigenvalue weighted by Gasteiger charge is -1.98.